The maximum atomic E-state index is 5.70. The third-order valence-corrected chi connectivity index (χ3v) is 1.66. The van der Waals surface area contributed by atoms with Crippen LogP contribution in [-0.2, 0) is 0 Å². The van der Waals surface area contributed by atoms with Crippen molar-refractivity contribution in [1.29, 1.82) is 0 Å². The van der Waals surface area contributed by atoms with Gasteiger partial charge in [0.25, 0.3) is 0 Å². The number of aromatic amines is 1. The van der Waals surface area contributed by atoms with Crippen LogP contribution in [0.2, 0.25) is 5.15 Å². The first kappa shape index (κ1) is 7.50. The third kappa shape index (κ3) is 1.27. The zero-order valence-corrected chi connectivity index (χ0v) is 6.88. The smallest absolute Gasteiger partial charge is 0.154 e. The van der Waals surface area contributed by atoms with Gasteiger partial charge in [-0.1, -0.05) is 23.8 Å². The molecular formula is C5H6ClN3S. The van der Waals surface area contributed by atoms with E-state index in [1.807, 2.05) is 0 Å². The van der Waals surface area contributed by atoms with Gasteiger partial charge in [-0.2, -0.15) is 0 Å². The van der Waals surface area contributed by atoms with E-state index in [-0.39, 0.29) is 0 Å². The maximum absolute atomic E-state index is 5.70. The fourth-order valence-corrected chi connectivity index (χ4v) is 1.14. The van der Waals surface area contributed by atoms with Crippen LogP contribution in [0, 0.1) is 4.64 Å². The second-order valence-corrected chi connectivity index (χ2v) is 2.41. The molecule has 1 aromatic heterocycles. The molecule has 0 spiro atoms. The molecule has 0 atom stereocenters. The number of aromatic nitrogens is 2. The van der Waals surface area contributed by atoms with E-state index in [2.05, 4.69) is 15.3 Å². The van der Waals surface area contributed by atoms with Crippen molar-refractivity contribution in [1.82, 2.24) is 9.97 Å². The molecule has 0 saturated carbocycles. The van der Waals surface area contributed by atoms with Gasteiger partial charge in [-0.15, -0.1) is 0 Å². The highest BCUT2D eigenvalue weighted by atomic mass is 35.5. The Hall–Kier alpha value is -0.610. The molecule has 10 heavy (non-hydrogen) atoms. The number of rotatable bonds is 1. The summed E-state index contributed by atoms with van der Waals surface area (Å²) in [4.78, 5) is 6.54. The summed E-state index contributed by atoms with van der Waals surface area (Å²) in [6, 6.07) is 0. The molecule has 3 nitrogen and oxygen atoms in total. The quantitative estimate of drug-likeness (QED) is 0.506. The zero-order chi connectivity index (χ0) is 7.56. The molecule has 0 radical (unpaired) electrons. The van der Waals surface area contributed by atoms with Crippen molar-refractivity contribution in [2.75, 3.05) is 12.4 Å². The molecule has 0 aromatic carbocycles. The molecule has 2 N–H and O–H groups in total. The predicted octanol–water partition coefficient (Wildman–Crippen LogP) is 1.83. The second-order valence-electron chi connectivity index (χ2n) is 1.65. The summed E-state index contributed by atoms with van der Waals surface area (Å²) < 4.78 is 0.478. The van der Waals surface area contributed by atoms with Gasteiger partial charge in [0.15, 0.2) is 4.64 Å². The first-order valence-electron chi connectivity index (χ1n) is 2.66. The Kier molecular flexibility index (Phi) is 2.24. The van der Waals surface area contributed by atoms with Crippen LogP contribution in [0.25, 0.3) is 0 Å². The Morgan fingerprint density at radius 2 is 2.50 bits per heavy atom. The van der Waals surface area contributed by atoms with E-state index in [0.717, 1.165) is 0 Å². The lowest BCUT2D eigenvalue weighted by atomic mass is 10.5. The van der Waals surface area contributed by atoms with Gasteiger partial charge in [0.05, 0.1) is 6.33 Å². The molecule has 1 aromatic rings. The molecule has 5 heteroatoms. The van der Waals surface area contributed by atoms with Crippen molar-refractivity contribution in [3.63, 3.8) is 0 Å². The molecule has 0 aliphatic heterocycles. The van der Waals surface area contributed by atoms with E-state index in [1.165, 1.54) is 6.33 Å². The lowest BCUT2D eigenvalue weighted by Crippen LogP contribution is -1.93. The summed E-state index contributed by atoms with van der Waals surface area (Å²) in [6.07, 6.45) is 1.46. The highest BCUT2D eigenvalue weighted by molar-refractivity contribution is 7.71. The van der Waals surface area contributed by atoms with Gasteiger partial charge in [-0.3, -0.25) is 0 Å². The Balaban J connectivity index is 3.31. The second kappa shape index (κ2) is 2.98. The van der Waals surface area contributed by atoms with Gasteiger partial charge in [-0.05, 0) is 0 Å². The monoisotopic (exact) mass is 175 g/mol. The number of hydrogen-bond donors (Lipinski definition) is 2. The number of H-pyrrole nitrogens is 1. The minimum absolute atomic E-state index is 0.478. The van der Waals surface area contributed by atoms with Gasteiger partial charge >= 0.3 is 0 Å². The number of hydrogen-bond acceptors (Lipinski definition) is 3. The van der Waals surface area contributed by atoms with Crippen LogP contribution in [0.3, 0.4) is 0 Å². The van der Waals surface area contributed by atoms with Crippen LogP contribution in [0.4, 0.5) is 5.69 Å². The third-order valence-electron chi connectivity index (χ3n) is 1.06. The van der Waals surface area contributed by atoms with Crippen molar-refractivity contribution in [2.24, 2.45) is 0 Å². The van der Waals surface area contributed by atoms with Crippen LogP contribution in [-0.4, -0.2) is 17.0 Å². The topological polar surface area (TPSA) is 40.7 Å². The Morgan fingerprint density at radius 1 is 1.80 bits per heavy atom. The van der Waals surface area contributed by atoms with Gasteiger partial charge in [0.2, 0.25) is 0 Å². The number of nitrogens with zero attached hydrogens (tertiary/aromatic N) is 1. The lowest BCUT2D eigenvalue weighted by Gasteiger charge is -1.99. The van der Waals surface area contributed by atoms with E-state index in [4.69, 9.17) is 23.8 Å². The number of halogens is 1. The molecule has 0 aliphatic rings. The van der Waals surface area contributed by atoms with Crippen molar-refractivity contribution in [3.05, 3.63) is 16.1 Å². The predicted molar refractivity (Wildman–Crippen MR) is 44.0 cm³/mol. The van der Waals surface area contributed by atoms with Crippen LogP contribution in [0.15, 0.2) is 6.33 Å². The Labute approximate surface area is 68.4 Å². The van der Waals surface area contributed by atoms with Gasteiger partial charge in [0.1, 0.15) is 10.8 Å². The molecular weight excluding hydrogens is 170 g/mol. The van der Waals surface area contributed by atoms with E-state index in [0.29, 0.717) is 15.5 Å². The largest absolute Gasteiger partial charge is 0.383 e. The fraction of sp³-hybridized carbons (Fsp3) is 0.200. The highest BCUT2D eigenvalue weighted by Crippen LogP contribution is 2.16. The molecule has 0 saturated heterocycles. The van der Waals surface area contributed by atoms with Crippen molar-refractivity contribution in [3.8, 4) is 0 Å². The summed E-state index contributed by atoms with van der Waals surface area (Å²) in [6.45, 7) is 0. The van der Waals surface area contributed by atoms with Gasteiger partial charge in [0, 0.05) is 7.05 Å². The van der Waals surface area contributed by atoms with Crippen molar-refractivity contribution in [2.45, 2.75) is 0 Å². The summed E-state index contributed by atoms with van der Waals surface area (Å²) in [7, 11) is 1.74. The molecule has 0 amide bonds. The number of nitrogens with one attached hydrogen (secondary N) is 2. The van der Waals surface area contributed by atoms with Crippen LogP contribution in [0.1, 0.15) is 0 Å². The lowest BCUT2D eigenvalue weighted by molar-refractivity contribution is 1.15. The Bertz CT molecular complexity index is 282. The van der Waals surface area contributed by atoms with Gasteiger partial charge < -0.3 is 10.3 Å². The van der Waals surface area contributed by atoms with E-state index < -0.39 is 0 Å². The van der Waals surface area contributed by atoms with E-state index in [9.17, 15) is 0 Å². The highest BCUT2D eigenvalue weighted by Gasteiger charge is 1.97. The van der Waals surface area contributed by atoms with Crippen molar-refractivity contribution < 1.29 is 0 Å². The Morgan fingerprint density at radius 3 is 2.90 bits per heavy atom. The fourth-order valence-electron chi connectivity index (χ4n) is 0.595. The van der Waals surface area contributed by atoms with Crippen LogP contribution >= 0.6 is 23.8 Å². The first-order chi connectivity index (χ1) is 4.75. The van der Waals surface area contributed by atoms with Crippen LogP contribution in [0.5, 0.6) is 0 Å². The van der Waals surface area contributed by atoms with Crippen molar-refractivity contribution >= 4 is 29.5 Å². The summed E-state index contributed by atoms with van der Waals surface area (Å²) >= 11 is 10.6. The molecule has 1 rings (SSSR count). The average molecular weight is 176 g/mol. The molecule has 54 valence electrons. The van der Waals surface area contributed by atoms with Gasteiger partial charge in [-0.25, -0.2) is 4.98 Å². The standard InChI is InChI=1S/C5H6ClN3S/c1-7-3-4(6)8-2-9-5(3)10/h2,7H,1H3,(H,8,9,10). The van der Waals surface area contributed by atoms with E-state index >= 15 is 0 Å². The normalized spacial score (nSPS) is 9.40. The minimum Gasteiger partial charge on any atom is -0.383 e. The summed E-state index contributed by atoms with van der Waals surface area (Å²) in [5.41, 5.74) is 0.666. The zero-order valence-electron chi connectivity index (χ0n) is 5.31. The van der Waals surface area contributed by atoms with E-state index in [1.54, 1.807) is 7.05 Å². The molecule has 0 fully saturated rings. The molecule has 0 aliphatic carbocycles. The molecule has 1 heterocycles. The average Bonchev–Trinajstić information content (AvgIpc) is 1.88. The van der Waals surface area contributed by atoms with Crippen LogP contribution < -0.4 is 5.32 Å². The maximum Gasteiger partial charge on any atom is 0.154 e. The SMILES string of the molecule is CNc1c(Cl)[nH]cnc1=S. The first-order valence-corrected chi connectivity index (χ1v) is 3.45. The summed E-state index contributed by atoms with van der Waals surface area (Å²) in [5, 5.41) is 3.32. The minimum atomic E-state index is 0.478. The summed E-state index contributed by atoms with van der Waals surface area (Å²) in [5.74, 6) is 0. The number of anilines is 1. The molecule has 0 unspecified atom stereocenters. The molecule has 0 bridgehead atoms.